The number of benzene rings is 4. The third-order valence-electron chi connectivity index (χ3n) is 8.09. The number of halogens is 2. The van der Waals surface area contributed by atoms with Gasteiger partial charge in [0.1, 0.15) is 11.6 Å². The van der Waals surface area contributed by atoms with Crippen molar-refractivity contribution < 1.29 is 13.9 Å². The maximum atomic E-state index is 16.9. The Balaban J connectivity index is 1.56. The molecule has 0 fully saturated rings. The van der Waals surface area contributed by atoms with Crippen molar-refractivity contribution >= 4 is 16.6 Å². The van der Waals surface area contributed by atoms with Crippen LogP contribution in [0.1, 0.15) is 42.1 Å². The van der Waals surface area contributed by atoms with Crippen LogP contribution in [-0.2, 0) is 13.1 Å². The van der Waals surface area contributed by atoms with Crippen LogP contribution in [0.3, 0.4) is 0 Å². The number of anilines is 1. The zero-order valence-electron chi connectivity index (χ0n) is 22.9. The van der Waals surface area contributed by atoms with Gasteiger partial charge in [-0.2, -0.15) is 0 Å². The Morgan fingerprint density at radius 2 is 1.50 bits per heavy atom. The van der Waals surface area contributed by atoms with Gasteiger partial charge in [-0.3, -0.25) is 4.90 Å². The Labute approximate surface area is 233 Å². The van der Waals surface area contributed by atoms with Gasteiger partial charge in [-0.15, -0.1) is 0 Å². The largest absolute Gasteiger partial charge is 0.389 e. The standard InChI is InChI=1S/C34H33F2N3O/c1-21-18-37-31-24(21)15-10-16-25(31)28-26(35)17-27-29(30(28)36)32(33(40)34(2,3)38-27)39(19-22-11-6-4-7-12-22)20-23-13-8-5-9-14-23/h4-18,32-33,37-38,40H,19-20H2,1-3H3. The number of aromatic nitrogens is 1. The Morgan fingerprint density at radius 3 is 2.12 bits per heavy atom. The molecular weight excluding hydrogens is 504 g/mol. The van der Waals surface area contributed by atoms with Gasteiger partial charge in [0.15, 0.2) is 0 Å². The fourth-order valence-corrected chi connectivity index (χ4v) is 6.02. The molecular formula is C34H33F2N3O. The summed E-state index contributed by atoms with van der Waals surface area (Å²) >= 11 is 0. The molecule has 0 aliphatic carbocycles. The average molecular weight is 538 g/mol. The number of nitrogens with zero attached hydrogens (tertiary/aromatic N) is 1. The predicted octanol–water partition coefficient (Wildman–Crippen LogP) is 7.73. The quantitative estimate of drug-likeness (QED) is 0.208. The highest BCUT2D eigenvalue weighted by atomic mass is 19.1. The average Bonchev–Trinajstić information content (AvgIpc) is 3.32. The molecule has 0 radical (unpaired) electrons. The molecule has 6 rings (SSSR count). The molecule has 0 saturated heterocycles. The predicted molar refractivity (Wildman–Crippen MR) is 157 cm³/mol. The van der Waals surface area contributed by atoms with Crippen LogP contribution in [-0.4, -0.2) is 26.6 Å². The van der Waals surface area contributed by atoms with E-state index in [1.807, 2.05) is 99.8 Å². The highest BCUT2D eigenvalue weighted by Gasteiger charge is 2.46. The van der Waals surface area contributed by atoms with Gasteiger partial charge in [0.05, 0.1) is 28.8 Å². The Bertz CT molecular complexity index is 1620. The van der Waals surface area contributed by atoms with Gasteiger partial charge >= 0.3 is 0 Å². The summed E-state index contributed by atoms with van der Waals surface area (Å²) in [6.45, 7) is 6.65. The number of fused-ring (bicyclic) bond motifs is 2. The minimum absolute atomic E-state index is 0.0933. The Hall–Kier alpha value is -4.00. The second-order valence-corrected chi connectivity index (χ2v) is 11.3. The van der Waals surface area contributed by atoms with E-state index in [-0.39, 0.29) is 11.1 Å². The molecule has 1 aromatic heterocycles. The molecule has 0 amide bonds. The Kier molecular flexibility index (Phi) is 6.69. The van der Waals surface area contributed by atoms with Crippen LogP contribution in [0.4, 0.5) is 14.5 Å². The number of hydrogen-bond acceptors (Lipinski definition) is 3. The molecule has 3 N–H and O–H groups in total. The fourth-order valence-electron chi connectivity index (χ4n) is 6.02. The normalized spacial score (nSPS) is 18.1. The van der Waals surface area contributed by atoms with Crippen LogP contribution >= 0.6 is 0 Å². The van der Waals surface area contributed by atoms with Crippen molar-refractivity contribution in [3.8, 4) is 11.1 Å². The van der Waals surface area contributed by atoms with Gasteiger partial charge in [-0.05, 0) is 43.5 Å². The second-order valence-electron chi connectivity index (χ2n) is 11.3. The molecule has 2 atom stereocenters. The zero-order valence-corrected chi connectivity index (χ0v) is 22.9. The molecule has 0 saturated carbocycles. The van der Waals surface area contributed by atoms with Crippen molar-refractivity contribution in [2.75, 3.05) is 5.32 Å². The number of H-pyrrole nitrogens is 1. The minimum Gasteiger partial charge on any atom is -0.389 e. The first kappa shape index (κ1) is 26.2. The first-order chi connectivity index (χ1) is 19.2. The van der Waals surface area contributed by atoms with Crippen LogP contribution in [0.5, 0.6) is 0 Å². The molecule has 4 aromatic carbocycles. The first-order valence-electron chi connectivity index (χ1n) is 13.6. The maximum absolute atomic E-state index is 16.9. The van der Waals surface area contributed by atoms with E-state index in [4.69, 9.17) is 0 Å². The van der Waals surface area contributed by atoms with Crippen molar-refractivity contribution in [3.05, 3.63) is 125 Å². The van der Waals surface area contributed by atoms with Gasteiger partial charge in [-0.25, -0.2) is 8.78 Å². The van der Waals surface area contributed by atoms with Crippen LogP contribution in [0.15, 0.2) is 91.1 Å². The molecule has 1 aliphatic rings. The first-order valence-corrected chi connectivity index (χ1v) is 13.6. The van der Waals surface area contributed by atoms with Crippen molar-refractivity contribution in [1.82, 2.24) is 9.88 Å². The van der Waals surface area contributed by atoms with Crippen molar-refractivity contribution in [3.63, 3.8) is 0 Å². The smallest absolute Gasteiger partial charge is 0.141 e. The lowest BCUT2D eigenvalue weighted by Crippen LogP contribution is -2.55. The SMILES string of the molecule is Cc1c[nH]c2c(-c3c(F)cc4c(c3F)C(N(Cc3ccccc3)Cc3ccccc3)C(O)C(C)(C)N4)cccc12. The van der Waals surface area contributed by atoms with Crippen molar-refractivity contribution in [2.45, 2.75) is 51.5 Å². The van der Waals surface area contributed by atoms with Gasteiger partial charge < -0.3 is 15.4 Å². The molecule has 5 aromatic rings. The number of aliphatic hydroxyl groups is 1. The molecule has 204 valence electrons. The number of rotatable bonds is 6. The maximum Gasteiger partial charge on any atom is 0.141 e. The van der Waals surface area contributed by atoms with Gasteiger partial charge in [0.25, 0.3) is 0 Å². The lowest BCUT2D eigenvalue weighted by Gasteiger charge is -2.48. The molecule has 4 nitrogen and oxygen atoms in total. The lowest BCUT2D eigenvalue weighted by molar-refractivity contribution is -0.00193. The van der Waals surface area contributed by atoms with Gasteiger partial charge in [0, 0.05) is 41.5 Å². The summed E-state index contributed by atoms with van der Waals surface area (Å²) in [7, 11) is 0. The molecule has 2 heterocycles. The Morgan fingerprint density at radius 1 is 0.875 bits per heavy atom. The number of aryl methyl sites for hydroxylation is 1. The third kappa shape index (κ3) is 4.57. The molecule has 6 heteroatoms. The van der Waals surface area contributed by atoms with E-state index in [1.54, 1.807) is 6.07 Å². The molecule has 0 bridgehead atoms. The van der Waals surface area contributed by atoms with Gasteiger partial charge in [-0.1, -0.05) is 78.9 Å². The van der Waals surface area contributed by atoms with E-state index in [0.717, 1.165) is 22.1 Å². The van der Waals surface area contributed by atoms with Crippen LogP contribution in [0.2, 0.25) is 0 Å². The van der Waals surface area contributed by atoms with E-state index in [1.165, 1.54) is 6.07 Å². The molecule has 0 spiro atoms. The van der Waals surface area contributed by atoms with E-state index in [0.29, 0.717) is 29.9 Å². The van der Waals surface area contributed by atoms with Crippen molar-refractivity contribution in [2.24, 2.45) is 0 Å². The summed E-state index contributed by atoms with van der Waals surface area (Å²) < 4.78 is 32.8. The highest BCUT2D eigenvalue weighted by Crippen LogP contribution is 2.47. The summed E-state index contributed by atoms with van der Waals surface area (Å²) in [4.78, 5) is 5.30. The summed E-state index contributed by atoms with van der Waals surface area (Å²) in [5, 5.41) is 16.0. The highest BCUT2D eigenvalue weighted by molar-refractivity contribution is 5.96. The lowest BCUT2D eigenvalue weighted by atomic mass is 9.79. The molecule has 40 heavy (non-hydrogen) atoms. The zero-order chi connectivity index (χ0) is 28.0. The number of nitrogens with one attached hydrogen (secondary N) is 2. The third-order valence-corrected chi connectivity index (χ3v) is 8.09. The summed E-state index contributed by atoms with van der Waals surface area (Å²) in [6.07, 6.45) is 0.865. The fraction of sp³-hybridized carbons (Fsp3) is 0.235. The minimum atomic E-state index is -0.983. The van der Waals surface area contributed by atoms with E-state index in [2.05, 4.69) is 15.2 Å². The van der Waals surface area contributed by atoms with E-state index in [9.17, 15) is 5.11 Å². The van der Waals surface area contributed by atoms with Crippen LogP contribution in [0, 0.1) is 18.6 Å². The second kappa shape index (κ2) is 10.2. The number of para-hydroxylation sites is 1. The van der Waals surface area contributed by atoms with E-state index < -0.39 is 29.3 Å². The van der Waals surface area contributed by atoms with Crippen LogP contribution in [0.25, 0.3) is 22.0 Å². The number of hydrogen-bond donors (Lipinski definition) is 3. The number of aromatic amines is 1. The topological polar surface area (TPSA) is 51.3 Å². The monoisotopic (exact) mass is 537 g/mol. The van der Waals surface area contributed by atoms with Gasteiger partial charge in [0.2, 0.25) is 0 Å². The van der Waals surface area contributed by atoms with E-state index >= 15 is 8.78 Å². The number of aliphatic hydroxyl groups excluding tert-OH is 1. The molecule has 1 aliphatic heterocycles. The summed E-state index contributed by atoms with van der Waals surface area (Å²) in [6, 6.07) is 26.1. The summed E-state index contributed by atoms with van der Waals surface area (Å²) in [5.74, 6) is -1.31. The van der Waals surface area contributed by atoms with Crippen molar-refractivity contribution in [1.29, 1.82) is 0 Å². The van der Waals surface area contributed by atoms with Crippen LogP contribution < -0.4 is 5.32 Å². The summed E-state index contributed by atoms with van der Waals surface area (Å²) in [5.41, 5.74) is 3.93. The molecule has 2 unspecified atom stereocenters.